The predicted octanol–water partition coefficient (Wildman–Crippen LogP) is 2.28. The van der Waals surface area contributed by atoms with E-state index in [9.17, 15) is 4.39 Å². The maximum Gasteiger partial charge on any atom is 0.191 e. The first kappa shape index (κ1) is 15.4. The molecule has 2 heterocycles. The second-order valence-electron chi connectivity index (χ2n) is 6.21. The van der Waals surface area contributed by atoms with Crippen LogP contribution in [0.25, 0.3) is 0 Å². The molecule has 24 heavy (non-hydrogen) atoms. The third kappa shape index (κ3) is 3.08. The zero-order valence-electron chi connectivity index (χ0n) is 13.3. The molecule has 0 radical (unpaired) electrons. The largest absolute Gasteiger partial charge is 0.370 e. The van der Waals surface area contributed by atoms with Gasteiger partial charge in [-0.2, -0.15) is 0 Å². The molecule has 2 fully saturated rings. The van der Waals surface area contributed by atoms with Gasteiger partial charge in [-0.15, -0.1) is 11.3 Å². The van der Waals surface area contributed by atoms with E-state index in [-0.39, 0.29) is 17.8 Å². The smallest absolute Gasteiger partial charge is 0.191 e. The average Bonchev–Trinajstić information content (AvgIpc) is 3.14. The third-order valence-corrected chi connectivity index (χ3v) is 5.49. The van der Waals surface area contributed by atoms with E-state index in [4.69, 9.17) is 5.73 Å². The van der Waals surface area contributed by atoms with Crippen LogP contribution in [0, 0.1) is 5.82 Å². The SMILES string of the molecule is NC(=NC1CC1c1ccccc1F)N1CCN(c2nccs2)CC1. The van der Waals surface area contributed by atoms with E-state index in [2.05, 4.69) is 19.8 Å². The number of rotatable bonds is 3. The van der Waals surface area contributed by atoms with Crippen molar-refractivity contribution >= 4 is 22.4 Å². The molecule has 4 rings (SSSR count). The summed E-state index contributed by atoms with van der Waals surface area (Å²) in [5.41, 5.74) is 6.94. The normalized spacial score (nSPS) is 24.3. The Balaban J connectivity index is 1.35. The number of piperazine rings is 1. The van der Waals surface area contributed by atoms with Gasteiger partial charge in [-0.1, -0.05) is 18.2 Å². The van der Waals surface area contributed by atoms with E-state index in [0.29, 0.717) is 5.96 Å². The Bertz CT molecular complexity index is 724. The molecule has 1 saturated heterocycles. The molecule has 0 spiro atoms. The fraction of sp³-hybridized carbons (Fsp3) is 0.412. The van der Waals surface area contributed by atoms with Crippen molar-refractivity contribution in [3.05, 3.63) is 47.2 Å². The third-order valence-electron chi connectivity index (χ3n) is 4.65. The minimum Gasteiger partial charge on any atom is -0.370 e. The van der Waals surface area contributed by atoms with Crippen LogP contribution in [0.5, 0.6) is 0 Å². The quantitative estimate of drug-likeness (QED) is 0.685. The number of thiazole rings is 1. The maximum atomic E-state index is 13.8. The molecular formula is C17H20FN5S. The van der Waals surface area contributed by atoms with Crippen LogP contribution in [0.3, 0.4) is 0 Å². The van der Waals surface area contributed by atoms with Gasteiger partial charge in [-0.3, -0.25) is 0 Å². The second kappa shape index (κ2) is 6.39. The number of halogens is 1. The number of aliphatic imine (C=N–C) groups is 1. The highest BCUT2D eigenvalue weighted by Gasteiger charge is 2.40. The molecule has 1 saturated carbocycles. The molecule has 2 N–H and O–H groups in total. The lowest BCUT2D eigenvalue weighted by molar-refractivity contribution is 0.380. The van der Waals surface area contributed by atoms with Gasteiger partial charge in [0.15, 0.2) is 11.1 Å². The van der Waals surface area contributed by atoms with E-state index >= 15 is 0 Å². The van der Waals surface area contributed by atoms with Crippen molar-refractivity contribution in [1.82, 2.24) is 9.88 Å². The highest BCUT2D eigenvalue weighted by Crippen LogP contribution is 2.44. The summed E-state index contributed by atoms with van der Waals surface area (Å²) in [4.78, 5) is 13.4. The fourth-order valence-corrected chi connectivity index (χ4v) is 3.88. The van der Waals surface area contributed by atoms with Gasteiger partial charge in [0.05, 0.1) is 6.04 Å². The van der Waals surface area contributed by atoms with Crippen molar-refractivity contribution in [3.8, 4) is 0 Å². The van der Waals surface area contributed by atoms with Gasteiger partial charge in [0.25, 0.3) is 0 Å². The summed E-state index contributed by atoms with van der Waals surface area (Å²) < 4.78 is 13.8. The van der Waals surface area contributed by atoms with Crippen LogP contribution in [0.2, 0.25) is 0 Å². The molecule has 0 amide bonds. The van der Waals surface area contributed by atoms with Gasteiger partial charge >= 0.3 is 0 Å². The zero-order chi connectivity index (χ0) is 16.5. The highest BCUT2D eigenvalue weighted by molar-refractivity contribution is 7.13. The van der Waals surface area contributed by atoms with Crippen molar-refractivity contribution in [2.24, 2.45) is 10.7 Å². The summed E-state index contributed by atoms with van der Waals surface area (Å²) in [5, 5.41) is 3.06. The fourth-order valence-electron chi connectivity index (χ4n) is 3.18. The lowest BCUT2D eigenvalue weighted by Gasteiger charge is -2.35. The van der Waals surface area contributed by atoms with E-state index in [1.807, 2.05) is 23.7 Å². The molecule has 2 unspecified atom stereocenters. The van der Waals surface area contributed by atoms with E-state index in [1.54, 1.807) is 17.4 Å². The number of nitrogens with zero attached hydrogens (tertiary/aromatic N) is 4. The van der Waals surface area contributed by atoms with Gasteiger partial charge in [0, 0.05) is 43.7 Å². The predicted molar refractivity (Wildman–Crippen MR) is 95.1 cm³/mol. The first-order valence-electron chi connectivity index (χ1n) is 8.19. The molecule has 7 heteroatoms. The first-order valence-corrected chi connectivity index (χ1v) is 9.07. The number of guanidine groups is 1. The van der Waals surface area contributed by atoms with Crippen LogP contribution in [0.15, 0.2) is 40.8 Å². The minimum absolute atomic E-state index is 0.110. The van der Waals surface area contributed by atoms with Crippen LogP contribution in [-0.4, -0.2) is 48.1 Å². The summed E-state index contributed by atoms with van der Waals surface area (Å²) in [7, 11) is 0. The number of hydrogen-bond acceptors (Lipinski definition) is 4. The van der Waals surface area contributed by atoms with E-state index in [0.717, 1.165) is 43.3 Å². The molecule has 2 atom stereocenters. The molecule has 2 aliphatic rings. The topological polar surface area (TPSA) is 57.8 Å². The number of aromatic nitrogens is 1. The molecule has 1 aromatic heterocycles. The highest BCUT2D eigenvalue weighted by atomic mass is 32.1. The van der Waals surface area contributed by atoms with Crippen molar-refractivity contribution in [2.45, 2.75) is 18.4 Å². The Morgan fingerprint density at radius 3 is 2.75 bits per heavy atom. The standard InChI is InChI=1S/C17H20FN5S/c18-14-4-2-1-3-12(14)13-11-15(13)21-16(19)22-6-8-23(9-7-22)17-20-5-10-24-17/h1-5,10,13,15H,6-9,11H2,(H2,19,21). The van der Waals surface area contributed by atoms with Crippen molar-refractivity contribution in [1.29, 1.82) is 0 Å². The Morgan fingerprint density at radius 1 is 1.25 bits per heavy atom. The zero-order valence-corrected chi connectivity index (χ0v) is 14.1. The first-order chi connectivity index (χ1) is 11.7. The molecule has 0 bridgehead atoms. The van der Waals surface area contributed by atoms with E-state index in [1.165, 1.54) is 6.07 Å². The van der Waals surface area contributed by atoms with Crippen molar-refractivity contribution < 1.29 is 4.39 Å². The number of anilines is 1. The average molecular weight is 345 g/mol. The Morgan fingerprint density at radius 2 is 2.04 bits per heavy atom. The Hall–Kier alpha value is -2.15. The van der Waals surface area contributed by atoms with Crippen molar-refractivity contribution in [3.63, 3.8) is 0 Å². The van der Waals surface area contributed by atoms with Crippen LogP contribution in [-0.2, 0) is 0 Å². The van der Waals surface area contributed by atoms with Gasteiger partial charge in [-0.05, 0) is 18.1 Å². The second-order valence-corrected chi connectivity index (χ2v) is 7.08. The summed E-state index contributed by atoms with van der Waals surface area (Å²) in [6.45, 7) is 3.47. The number of nitrogens with two attached hydrogens (primary N) is 1. The monoisotopic (exact) mass is 345 g/mol. The van der Waals surface area contributed by atoms with Crippen LogP contribution in [0.4, 0.5) is 9.52 Å². The number of benzene rings is 1. The summed E-state index contributed by atoms with van der Waals surface area (Å²) in [6.07, 6.45) is 2.71. The van der Waals surface area contributed by atoms with Gasteiger partial charge in [0.1, 0.15) is 5.82 Å². The van der Waals surface area contributed by atoms with Crippen molar-refractivity contribution in [2.75, 3.05) is 31.1 Å². The molecule has 5 nitrogen and oxygen atoms in total. The number of hydrogen-bond donors (Lipinski definition) is 1. The summed E-state index contributed by atoms with van der Waals surface area (Å²) in [6, 6.07) is 7.06. The van der Waals surface area contributed by atoms with Crippen LogP contribution < -0.4 is 10.6 Å². The maximum absolute atomic E-state index is 13.8. The van der Waals surface area contributed by atoms with Gasteiger partial charge < -0.3 is 15.5 Å². The lowest BCUT2D eigenvalue weighted by atomic mass is 10.1. The minimum atomic E-state index is -0.143. The van der Waals surface area contributed by atoms with Crippen LogP contribution >= 0.6 is 11.3 Å². The van der Waals surface area contributed by atoms with E-state index < -0.39 is 0 Å². The Kier molecular flexibility index (Phi) is 4.10. The molecule has 1 aliphatic carbocycles. The summed E-state index contributed by atoms with van der Waals surface area (Å²) >= 11 is 1.66. The Labute approximate surface area is 144 Å². The molecule has 1 aliphatic heterocycles. The summed E-state index contributed by atoms with van der Waals surface area (Å²) in [5.74, 6) is 0.606. The lowest BCUT2D eigenvalue weighted by Crippen LogP contribution is -2.51. The molecule has 126 valence electrons. The molecular weight excluding hydrogens is 325 g/mol. The molecule has 1 aromatic carbocycles. The van der Waals surface area contributed by atoms with Gasteiger partial charge in [-0.25, -0.2) is 14.4 Å². The molecule has 2 aromatic rings. The van der Waals surface area contributed by atoms with Crippen LogP contribution in [0.1, 0.15) is 17.9 Å². The van der Waals surface area contributed by atoms with Gasteiger partial charge in [0.2, 0.25) is 0 Å².